The van der Waals surface area contributed by atoms with Gasteiger partial charge in [0.1, 0.15) is 0 Å². The van der Waals surface area contributed by atoms with Gasteiger partial charge in [0.15, 0.2) is 0 Å². The standard InChI is InChI=1S/C12H23N/c1-9-3-6-12(7-9)13-8-10(2)11-4-5-11/h9-13H,3-8H2,1-2H3. The summed E-state index contributed by atoms with van der Waals surface area (Å²) in [5, 5.41) is 3.73. The van der Waals surface area contributed by atoms with Gasteiger partial charge in [-0.2, -0.15) is 0 Å². The van der Waals surface area contributed by atoms with E-state index in [1.165, 1.54) is 38.6 Å². The van der Waals surface area contributed by atoms with Gasteiger partial charge in [0.2, 0.25) is 0 Å². The molecule has 2 saturated carbocycles. The molecule has 0 aliphatic heterocycles. The zero-order valence-corrected chi connectivity index (χ0v) is 9.05. The molecule has 0 radical (unpaired) electrons. The van der Waals surface area contributed by atoms with Crippen LogP contribution < -0.4 is 5.32 Å². The maximum Gasteiger partial charge on any atom is 0.00698 e. The van der Waals surface area contributed by atoms with Crippen molar-refractivity contribution in [2.45, 2.75) is 52.0 Å². The Bertz CT molecular complexity index is 163. The van der Waals surface area contributed by atoms with Crippen molar-refractivity contribution in [3.63, 3.8) is 0 Å². The molecule has 76 valence electrons. The molecule has 0 aromatic rings. The fourth-order valence-corrected chi connectivity index (χ4v) is 2.58. The number of hydrogen-bond donors (Lipinski definition) is 1. The van der Waals surface area contributed by atoms with Crippen molar-refractivity contribution in [1.29, 1.82) is 0 Å². The van der Waals surface area contributed by atoms with Gasteiger partial charge in [-0.3, -0.25) is 0 Å². The molecule has 0 aromatic carbocycles. The van der Waals surface area contributed by atoms with Crippen LogP contribution in [0, 0.1) is 17.8 Å². The van der Waals surface area contributed by atoms with Crippen LogP contribution in [0.2, 0.25) is 0 Å². The summed E-state index contributed by atoms with van der Waals surface area (Å²) in [5.41, 5.74) is 0. The minimum absolute atomic E-state index is 0.844. The van der Waals surface area contributed by atoms with Crippen LogP contribution in [0.3, 0.4) is 0 Å². The highest BCUT2D eigenvalue weighted by Crippen LogP contribution is 2.36. The first-order valence-corrected chi connectivity index (χ1v) is 5.99. The maximum atomic E-state index is 3.73. The number of hydrogen-bond acceptors (Lipinski definition) is 1. The van der Waals surface area contributed by atoms with Crippen LogP contribution in [0.1, 0.15) is 46.0 Å². The summed E-state index contributed by atoms with van der Waals surface area (Å²) in [4.78, 5) is 0. The molecule has 2 fully saturated rings. The van der Waals surface area contributed by atoms with Crippen LogP contribution >= 0.6 is 0 Å². The number of nitrogens with one attached hydrogen (secondary N) is 1. The van der Waals surface area contributed by atoms with Crippen LogP contribution in [0.15, 0.2) is 0 Å². The van der Waals surface area contributed by atoms with E-state index in [1.54, 1.807) is 0 Å². The maximum absolute atomic E-state index is 3.73. The first-order valence-electron chi connectivity index (χ1n) is 5.99. The van der Waals surface area contributed by atoms with Gasteiger partial charge in [0.25, 0.3) is 0 Å². The monoisotopic (exact) mass is 181 g/mol. The van der Waals surface area contributed by atoms with Gasteiger partial charge >= 0.3 is 0 Å². The van der Waals surface area contributed by atoms with Crippen LogP contribution in [0.5, 0.6) is 0 Å². The molecule has 1 N–H and O–H groups in total. The Labute approximate surface area is 82.3 Å². The zero-order chi connectivity index (χ0) is 9.26. The quantitative estimate of drug-likeness (QED) is 0.703. The van der Waals surface area contributed by atoms with Gasteiger partial charge in [-0.25, -0.2) is 0 Å². The predicted molar refractivity (Wildman–Crippen MR) is 56.7 cm³/mol. The van der Waals surface area contributed by atoms with Crippen molar-refractivity contribution in [3.8, 4) is 0 Å². The topological polar surface area (TPSA) is 12.0 Å². The van der Waals surface area contributed by atoms with Gasteiger partial charge in [-0.15, -0.1) is 0 Å². The van der Waals surface area contributed by atoms with Crippen molar-refractivity contribution in [1.82, 2.24) is 5.32 Å². The van der Waals surface area contributed by atoms with Crippen LogP contribution in [0.25, 0.3) is 0 Å². The van der Waals surface area contributed by atoms with E-state index in [-0.39, 0.29) is 0 Å². The summed E-state index contributed by atoms with van der Waals surface area (Å²) in [6.07, 6.45) is 7.25. The molecule has 2 aliphatic rings. The molecule has 3 unspecified atom stereocenters. The SMILES string of the molecule is CC1CCC(NCC(C)C2CC2)C1. The lowest BCUT2D eigenvalue weighted by molar-refractivity contribution is 0.411. The first-order chi connectivity index (χ1) is 6.25. The van der Waals surface area contributed by atoms with Crippen molar-refractivity contribution in [3.05, 3.63) is 0 Å². The largest absolute Gasteiger partial charge is 0.314 e. The number of rotatable bonds is 4. The Morgan fingerprint density at radius 3 is 2.54 bits per heavy atom. The average Bonchev–Trinajstić information content (AvgIpc) is 2.87. The predicted octanol–water partition coefficient (Wildman–Crippen LogP) is 2.81. The molecule has 3 atom stereocenters. The van der Waals surface area contributed by atoms with Gasteiger partial charge < -0.3 is 5.32 Å². The van der Waals surface area contributed by atoms with Gasteiger partial charge in [0, 0.05) is 6.04 Å². The second-order valence-corrected chi connectivity index (χ2v) is 5.34. The van der Waals surface area contributed by atoms with E-state index in [0.29, 0.717) is 0 Å². The highest BCUT2D eigenvalue weighted by atomic mass is 14.9. The molecular formula is C12H23N. The second-order valence-electron chi connectivity index (χ2n) is 5.34. The zero-order valence-electron chi connectivity index (χ0n) is 9.05. The lowest BCUT2D eigenvalue weighted by Crippen LogP contribution is -2.31. The smallest absolute Gasteiger partial charge is 0.00698 e. The lowest BCUT2D eigenvalue weighted by Gasteiger charge is -2.16. The fourth-order valence-electron chi connectivity index (χ4n) is 2.58. The van der Waals surface area contributed by atoms with Gasteiger partial charge in [-0.05, 0) is 56.4 Å². The Balaban J connectivity index is 1.61. The second kappa shape index (κ2) is 4.00. The summed E-state index contributed by atoms with van der Waals surface area (Å²) in [6, 6.07) is 0.844. The third kappa shape index (κ3) is 2.70. The van der Waals surface area contributed by atoms with Gasteiger partial charge in [0.05, 0.1) is 0 Å². The fraction of sp³-hybridized carbons (Fsp3) is 1.00. The molecule has 1 heteroatoms. The molecule has 0 saturated heterocycles. The van der Waals surface area contributed by atoms with Gasteiger partial charge in [-0.1, -0.05) is 13.8 Å². The first kappa shape index (κ1) is 9.51. The van der Waals surface area contributed by atoms with Crippen molar-refractivity contribution in [2.75, 3.05) is 6.54 Å². The third-order valence-electron chi connectivity index (χ3n) is 3.85. The van der Waals surface area contributed by atoms with E-state index >= 15 is 0 Å². The van der Waals surface area contributed by atoms with E-state index in [2.05, 4.69) is 19.2 Å². The van der Waals surface area contributed by atoms with Crippen molar-refractivity contribution >= 4 is 0 Å². The van der Waals surface area contributed by atoms with E-state index in [9.17, 15) is 0 Å². The molecule has 2 rings (SSSR count). The lowest BCUT2D eigenvalue weighted by atomic mass is 10.1. The Hall–Kier alpha value is -0.0400. The highest BCUT2D eigenvalue weighted by molar-refractivity contribution is 4.83. The molecule has 2 aliphatic carbocycles. The normalized spacial score (nSPS) is 36.5. The Morgan fingerprint density at radius 1 is 1.23 bits per heavy atom. The van der Waals surface area contributed by atoms with E-state index in [4.69, 9.17) is 0 Å². The third-order valence-corrected chi connectivity index (χ3v) is 3.85. The summed E-state index contributed by atoms with van der Waals surface area (Å²) in [7, 11) is 0. The minimum Gasteiger partial charge on any atom is -0.314 e. The van der Waals surface area contributed by atoms with E-state index in [0.717, 1.165) is 23.8 Å². The Kier molecular flexibility index (Phi) is 2.92. The molecule has 0 bridgehead atoms. The average molecular weight is 181 g/mol. The minimum atomic E-state index is 0.844. The van der Waals surface area contributed by atoms with E-state index in [1.807, 2.05) is 0 Å². The Morgan fingerprint density at radius 2 is 2.00 bits per heavy atom. The molecule has 0 aromatic heterocycles. The summed E-state index contributed by atoms with van der Waals surface area (Å²) < 4.78 is 0. The molecule has 0 spiro atoms. The molecule has 0 amide bonds. The molecular weight excluding hydrogens is 158 g/mol. The highest BCUT2D eigenvalue weighted by Gasteiger charge is 2.28. The van der Waals surface area contributed by atoms with Crippen molar-refractivity contribution < 1.29 is 0 Å². The molecule has 1 nitrogen and oxygen atoms in total. The van der Waals surface area contributed by atoms with Crippen molar-refractivity contribution in [2.24, 2.45) is 17.8 Å². The van der Waals surface area contributed by atoms with Crippen LogP contribution in [0.4, 0.5) is 0 Å². The van der Waals surface area contributed by atoms with Crippen LogP contribution in [-0.2, 0) is 0 Å². The van der Waals surface area contributed by atoms with Crippen LogP contribution in [-0.4, -0.2) is 12.6 Å². The summed E-state index contributed by atoms with van der Waals surface area (Å²) in [5.74, 6) is 2.95. The molecule has 0 heterocycles. The summed E-state index contributed by atoms with van der Waals surface area (Å²) >= 11 is 0. The molecule has 13 heavy (non-hydrogen) atoms. The van der Waals surface area contributed by atoms with E-state index < -0.39 is 0 Å². The summed E-state index contributed by atoms with van der Waals surface area (Å²) in [6.45, 7) is 6.05.